The van der Waals surface area contributed by atoms with Gasteiger partial charge in [-0.05, 0) is 55.3 Å². The molecule has 0 amide bonds. The Balaban J connectivity index is 2.41. The number of nitrogens with zero attached hydrogens (tertiary/aromatic N) is 4. The highest BCUT2D eigenvalue weighted by Gasteiger charge is 2.30. The zero-order valence-electron chi connectivity index (χ0n) is 18.2. The topological polar surface area (TPSA) is 74.6 Å². The number of hydrogen-bond donors (Lipinski definition) is 0. The number of benzene rings is 2. The SMILES string of the molecule is CCN(CC)c1ccc(/C=C/C=C(\C#N)C(=C(C#N)C#N)c2ccc(C(F)(F)F)cc2)cc1. The molecule has 2 aromatic carbocycles. The lowest BCUT2D eigenvalue weighted by Crippen LogP contribution is -2.21. The van der Waals surface area contributed by atoms with Crippen LogP contribution in [0.25, 0.3) is 11.6 Å². The molecule has 0 saturated heterocycles. The second-order valence-electron chi connectivity index (χ2n) is 6.86. The number of nitriles is 3. The average molecular weight is 446 g/mol. The fourth-order valence-corrected chi connectivity index (χ4v) is 3.21. The van der Waals surface area contributed by atoms with Gasteiger partial charge in [0.1, 0.15) is 17.7 Å². The monoisotopic (exact) mass is 446 g/mol. The lowest BCUT2D eigenvalue weighted by molar-refractivity contribution is -0.137. The van der Waals surface area contributed by atoms with Crippen molar-refractivity contribution in [2.24, 2.45) is 0 Å². The second kappa shape index (κ2) is 11.4. The largest absolute Gasteiger partial charge is 0.416 e. The summed E-state index contributed by atoms with van der Waals surface area (Å²) in [6, 6.07) is 17.2. The molecule has 2 rings (SSSR count). The third-order valence-electron chi connectivity index (χ3n) is 4.94. The third-order valence-corrected chi connectivity index (χ3v) is 4.94. The van der Waals surface area contributed by atoms with Gasteiger partial charge in [0, 0.05) is 24.4 Å². The molecule has 4 nitrogen and oxygen atoms in total. The fraction of sp³-hybridized carbons (Fsp3) is 0.192. The first-order chi connectivity index (χ1) is 15.8. The lowest BCUT2D eigenvalue weighted by atomic mass is 9.93. The van der Waals surface area contributed by atoms with Gasteiger partial charge >= 0.3 is 6.18 Å². The number of hydrogen-bond acceptors (Lipinski definition) is 4. The van der Waals surface area contributed by atoms with E-state index in [1.54, 1.807) is 24.3 Å². The molecule has 0 heterocycles. The molecule has 0 radical (unpaired) electrons. The quantitative estimate of drug-likeness (QED) is 0.359. The molecule has 0 atom stereocenters. The van der Waals surface area contributed by atoms with E-state index in [0.717, 1.165) is 48.6 Å². The summed E-state index contributed by atoms with van der Waals surface area (Å²) in [7, 11) is 0. The molecule has 0 aliphatic carbocycles. The molecule has 166 valence electrons. The molecule has 0 aromatic heterocycles. The molecule has 0 fully saturated rings. The summed E-state index contributed by atoms with van der Waals surface area (Å²) in [5.74, 6) is 0. The van der Waals surface area contributed by atoms with E-state index in [1.807, 2.05) is 30.3 Å². The van der Waals surface area contributed by atoms with E-state index < -0.39 is 11.7 Å². The van der Waals surface area contributed by atoms with Crippen molar-refractivity contribution in [2.45, 2.75) is 20.0 Å². The second-order valence-corrected chi connectivity index (χ2v) is 6.86. The van der Waals surface area contributed by atoms with Crippen molar-refractivity contribution in [3.8, 4) is 18.2 Å². The van der Waals surface area contributed by atoms with Gasteiger partial charge in [-0.25, -0.2) is 0 Å². The molecule has 0 unspecified atom stereocenters. The van der Waals surface area contributed by atoms with Crippen molar-refractivity contribution in [3.05, 3.63) is 88.5 Å². The summed E-state index contributed by atoms with van der Waals surface area (Å²) in [6.45, 7) is 5.92. The van der Waals surface area contributed by atoms with Gasteiger partial charge in [-0.15, -0.1) is 0 Å². The zero-order chi connectivity index (χ0) is 24.4. The van der Waals surface area contributed by atoms with Crippen molar-refractivity contribution in [3.63, 3.8) is 0 Å². The highest BCUT2D eigenvalue weighted by Crippen LogP contribution is 2.32. The van der Waals surface area contributed by atoms with Gasteiger partial charge < -0.3 is 4.90 Å². The van der Waals surface area contributed by atoms with E-state index in [1.165, 1.54) is 6.08 Å². The number of anilines is 1. The van der Waals surface area contributed by atoms with Crippen LogP contribution in [0.4, 0.5) is 18.9 Å². The molecule has 0 N–H and O–H groups in total. The summed E-state index contributed by atoms with van der Waals surface area (Å²) in [5.41, 5.74) is 0.884. The summed E-state index contributed by atoms with van der Waals surface area (Å²) in [5, 5.41) is 28.3. The Morgan fingerprint density at radius 1 is 0.879 bits per heavy atom. The minimum atomic E-state index is -4.52. The van der Waals surface area contributed by atoms with E-state index in [9.17, 15) is 29.0 Å². The first kappa shape index (κ1) is 25.0. The summed E-state index contributed by atoms with van der Waals surface area (Å²) in [6.07, 6.45) is 0.265. The third kappa shape index (κ3) is 6.35. The maximum atomic E-state index is 12.9. The van der Waals surface area contributed by atoms with Crippen molar-refractivity contribution < 1.29 is 13.2 Å². The van der Waals surface area contributed by atoms with E-state index in [0.29, 0.717) is 0 Å². The van der Waals surface area contributed by atoms with Gasteiger partial charge in [0.05, 0.1) is 17.2 Å². The first-order valence-electron chi connectivity index (χ1n) is 10.1. The Morgan fingerprint density at radius 2 is 1.45 bits per heavy atom. The van der Waals surface area contributed by atoms with Crippen LogP contribution < -0.4 is 4.90 Å². The molecule has 7 heteroatoms. The maximum Gasteiger partial charge on any atom is 0.416 e. The Labute approximate surface area is 191 Å². The molecule has 2 aromatic rings. The molecule has 0 saturated carbocycles. The van der Waals surface area contributed by atoms with Crippen molar-refractivity contribution in [2.75, 3.05) is 18.0 Å². The van der Waals surface area contributed by atoms with E-state index in [2.05, 4.69) is 18.7 Å². The summed E-state index contributed by atoms with van der Waals surface area (Å²) >= 11 is 0. The number of allylic oxidation sites excluding steroid dienone is 5. The van der Waals surface area contributed by atoms with Crippen LogP contribution in [-0.2, 0) is 6.18 Å². The normalized spacial score (nSPS) is 11.4. The van der Waals surface area contributed by atoms with Gasteiger partial charge in [-0.1, -0.05) is 36.4 Å². The Bertz CT molecular complexity index is 1160. The van der Waals surface area contributed by atoms with Crippen molar-refractivity contribution in [1.29, 1.82) is 15.8 Å². The molecule has 0 aliphatic rings. The van der Waals surface area contributed by atoms with Gasteiger partial charge in [0.25, 0.3) is 0 Å². The molecular formula is C26H21F3N4. The highest BCUT2D eigenvalue weighted by molar-refractivity contribution is 5.89. The van der Waals surface area contributed by atoms with E-state index >= 15 is 0 Å². The van der Waals surface area contributed by atoms with Crippen LogP contribution in [0, 0.1) is 34.0 Å². The van der Waals surface area contributed by atoms with Crippen LogP contribution in [0.5, 0.6) is 0 Å². The van der Waals surface area contributed by atoms with Gasteiger partial charge in [0.2, 0.25) is 0 Å². The smallest absolute Gasteiger partial charge is 0.372 e. The van der Waals surface area contributed by atoms with Gasteiger partial charge in [-0.2, -0.15) is 29.0 Å². The zero-order valence-corrected chi connectivity index (χ0v) is 18.2. The number of rotatable bonds is 7. The molecule has 33 heavy (non-hydrogen) atoms. The fourth-order valence-electron chi connectivity index (χ4n) is 3.21. The van der Waals surface area contributed by atoms with Crippen LogP contribution in [-0.4, -0.2) is 13.1 Å². The Hall–Kier alpha value is -4.28. The van der Waals surface area contributed by atoms with E-state index in [-0.39, 0.29) is 22.3 Å². The summed E-state index contributed by atoms with van der Waals surface area (Å²) < 4.78 is 38.6. The van der Waals surface area contributed by atoms with Crippen molar-refractivity contribution in [1.82, 2.24) is 0 Å². The highest BCUT2D eigenvalue weighted by atomic mass is 19.4. The van der Waals surface area contributed by atoms with E-state index in [4.69, 9.17) is 0 Å². The van der Waals surface area contributed by atoms with Crippen LogP contribution in [0.15, 0.2) is 71.8 Å². The van der Waals surface area contributed by atoms with Crippen LogP contribution in [0.3, 0.4) is 0 Å². The minimum absolute atomic E-state index is 0.0103. The van der Waals surface area contributed by atoms with Crippen molar-refractivity contribution >= 4 is 17.3 Å². The Morgan fingerprint density at radius 3 is 1.91 bits per heavy atom. The number of halogens is 3. The van der Waals surface area contributed by atoms with Crippen LogP contribution in [0.2, 0.25) is 0 Å². The molecule has 0 spiro atoms. The molecule has 0 bridgehead atoms. The van der Waals surface area contributed by atoms with Crippen LogP contribution >= 0.6 is 0 Å². The predicted octanol–water partition coefficient (Wildman–Crippen LogP) is 6.52. The van der Waals surface area contributed by atoms with Gasteiger partial charge in [0.15, 0.2) is 0 Å². The Kier molecular flexibility index (Phi) is 8.61. The standard InChI is InChI=1S/C26H21F3N4/c1-3-33(4-2)24-14-8-19(9-15-24)6-5-7-21(16-30)25(22(17-31)18-32)20-10-12-23(13-11-20)26(27,28)29/h5-15H,3-4H2,1-2H3/b6-5+,21-7+. The molecule has 0 aliphatic heterocycles. The first-order valence-corrected chi connectivity index (χ1v) is 10.1. The number of alkyl halides is 3. The summed E-state index contributed by atoms with van der Waals surface area (Å²) in [4.78, 5) is 2.20. The van der Waals surface area contributed by atoms with Gasteiger partial charge in [-0.3, -0.25) is 0 Å². The minimum Gasteiger partial charge on any atom is -0.372 e. The predicted molar refractivity (Wildman–Crippen MR) is 122 cm³/mol. The maximum absolute atomic E-state index is 12.9. The average Bonchev–Trinajstić information content (AvgIpc) is 2.82. The lowest BCUT2D eigenvalue weighted by Gasteiger charge is -2.20. The van der Waals surface area contributed by atoms with Crippen LogP contribution in [0.1, 0.15) is 30.5 Å². The molecular weight excluding hydrogens is 425 g/mol.